The molecule has 0 aromatic heterocycles. The molecule has 7 heteroatoms. The molecule has 0 aromatic carbocycles. The van der Waals surface area contributed by atoms with Crippen molar-refractivity contribution in [3.8, 4) is 0 Å². The Morgan fingerprint density at radius 3 is 1.95 bits per heavy atom. The first kappa shape index (κ1) is 17.9. The average Bonchev–Trinajstić information content (AvgIpc) is 2.95. The fourth-order valence-electron chi connectivity index (χ4n) is 3.22. The van der Waals surface area contributed by atoms with Crippen LogP contribution < -0.4 is 0 Å². The molecular weight excluding hydrogens is 296 g/mol. The molecular formula is C14H24O6S. The molecule has 6 nitrogen and oxygen atoms in total. The molecule has 1 fully saturated rings. The second-order valence-corrected chi connectivity index (χ2v) is 7.93. The third-order valence-electron chi connectivity index (χ3n) is 4.24. The molecule has 1 saturated carbocycles. The van der Waals surface area contributed by atoms with E-state index in [0.717, 1.165) is 31.9 Å². The summed E-state index contributed by atoms with van der Waals surface area (Å²) in [5, 5.41) is 0. The largest absolute Gasteiger partial charge is 0.468 e. The molecule has 0 N–H and O–H groups in total. The number of hydrogen-bond donors (Lipinski definition) is 0. The van der Waals surface area contributed by atoms with Crippen LogP contribution in [0, 0.1) is 11.3 Å². The number of ether oxygens (including phenoxy) is 2. The van der Waals surface area contributed by atoms with E-state index in [0.29, 0.717) is 0 Å². The lowest BCUT2D eigenvalue weighted by atomic mass is 9.71. The zero-order valence-corrected chi connectivity index (χ0v) is 13.7. The maximum Gasteiger partial charge on any atom is 0.323 e. The Hall–Kier alpha value is -1.11. The molecule has 0 saturated heterocycles. The summed E-state index contributed by atoms with van der Waals surface area (Å²) >= 11 is 0. The molecule has 0 spiro atoms. The number of esters is 2. The number of carbonyl (C=O) groups is 2. The van der Waals surface area contributed by atoms with Crippen LogP contribution in [0.2, 0.25) is 0 Å². The Labute approximate surface area is 126 Å². The van der Waals surface area contributed by atoms with Gasteiger partial charge in [0.25, 0.3) is 0 Å². The van der Waals surface area contributed by atoms with Crippen LogP contribution in [0.4, 0.5) is 0 Å². The Morgan fingerprint density at radius 1 is 1.10 bits per heavy atom. The number of rotatable bonds is 7. The Balaban J connectivity index is 3.04. The SMILES string of the molecule is COC(=O)C(CCCS(C)(=O)=O)(C(=O)OC)C1CCCC1. The van der Waals surface area contributed by atoms with Crippen molar-refractivity contribution < 1.29 is 27.5 Å². The zero-order valence-electron chi connectivity index (χ0n) is 12.9. The molecule has 0 radical (unpaired) electrons. The summed E-state index contributed by atoms with van der Waals surface area (Å²) < 4.78 is 32.3. The van der Waals surface area contributed by atoms with Crippen LogP contribution in [0.3, 0.4) is 0 Å². The first-order chi connectivity index (χ1) is 9.78. The maximum absolute atomic E-state index is 12.3. The van der Waals surface area contributed by atoms with Crippen LogP contribution >= 0.6 is 0 Å². The van der Waals surface area contributed by atoms with Gasteiger partial charge in [0.15, 0.2) is 5.41 Å². The fraction of sp³-hybridized carbons (Fsp3) is 0.857. The monoisotopic (exact) mass is 320 g/mol. The van der Waals surface area contributed by atoms with E-state index in [4.69, 9.17) is 9.47 Å². The van der Waals surface area contributed by atoms with Crippen molar-refractivity contribution in [1.29, 1.82) is 0 Å². The lowest BCUT2D eigenvalue weighted by molar-refractivity contribution is -0.174. The molecule has 1 aliphatic rings. The van der Waals surface area contributed by atoms with E-state index in [-0.39, 0.29) is 24.5 Å². The van der Waals surface area contributed by atoms with E-state index in [2.05, 4.69) is 0 Å². The summed E-state index contributed by atoms with van der Waals surface area (Å²) in [6.45, 7) is 0. The summed E-state index contributed by atoms with van der Waals surface area (Å²) in [4.78, 5) is 24.6. The lowest BCUT2D eigenvalue weighted by Gasteiger charge is -2.33. The summed E-state index contributed by atoms with van der Waals surface area (Å²) in [5.74, 6) is -1.43. The minimum absolute atomic E-state index is 0.0601. The normalized spacial score (nSPS) is 16.7. The Kier molecular flexibility index (Phi) is 6.19. The third-order valence-corrected chi connectivity index (χ3v) is 5.27. The molecule has 0 aromatic rings. The van der Waals surface area contributed by atoms with Crippen molar-refractivity contribution in [2.75, 3.05) is 26.2 Å². The zero-order chi connectivity index (χ0) is 16.1. The molecule has 1 rings (SSSR count). The number of carbonyl (C=O) groups excluding carboxylic acids is 2. The van der Waals surface area contributed by atoms with E-state index in [9.17, 15) is 18.0 Å². The van der Waals surface area contributed by atoms with Crippen LogP contribution in [0.5, 0.6) is 0 Å². The van der Waals surface area contributed by atoms with Gasteiger partial charge < -0.3 is 9.47 Å². The molecule has 0 aliphatic heterocycles. The van der Waals surface area contributed by atoms with Crippen molar-refractivity contribution in [3.05, 3.63) is 0 Å². The van der Waals surface area contributed by atoms with Gasteiger partial charge in [0, 0.05) is 12.0 Å². The van der Waals surface area contributed by atoms with E-state index in [1.54, 1.807) is 0 Å². The van der Waals surface area contributed by atoms with Crippen molar-refractivity contribution in [2.45, 2.75) is 38.5 Å². The summed E-state index contributed by atoms with van der Waals surface area (Å²) in [6.07, 6.45) is 4.93. The minimum atomic E-state index is -3.14. The average molecular weight is 320 g/mol. The predicted molar refractivity (Wildman–Crippen MR) is 77.4 cm³/mol. The van der Waals surface area contributed by atoms with E-state index in [1.165, 1.54) is 14.2 Å². The highest BCUT2D eigenvalue weighted by molar-refractivity contribution is 7.90. The highest BCUT2D eigenvalue weighted by atomic mass is 32.2. The van der Waals surface area contributed by atoms with Gasteiger partial charge in [0.1, 0.15) is 9.84 Å². The predicted octanol–water partition coefficient (Wildman–Crippen LogP) is 1.33. The topological polar surface area (TPSA) is 86.7 Å². The van der Waals surface area contributed by atoms with Gasteiger partial charge in [-0.05, 0) is 31.6 Å². The second-order valence-electron chi connectivity index (χ2n) is 5.67. The summed E-state index contributed by atoms with van der Waals surface area (Å²) in [5.41, 5.74) is -1.37. The molecule has 0 bridgehead atoms. The molecule has 0 amide bonds. The second kappa shape index (κ2) is 7.24. The highest BCUT2D eigenvalue weighted by Gasteiger charge is 2.54. The number of hydrogen-bond acceptors (Lipinski definition) is 6. The molecule has 122 valence electrons. The Bertz CT molecular complexity index is 460. The first-order valence-electron chi connectivity index (χ1n) is 7.12. The lowest BCUT2D eigenvalue weighted by Crippen LogP contribution is -2.46. The maximum atomic E-state index is 12.3. The standard InChI is InChI=1S/C14H24O6S/c1-19-12(15)14(13(16)20-2,11-7-4-5-8-11)9-6-10-21(3,17)18/h11H,4-10H2,1-3H3. The third kappa shape index (κ3) is 4.18. The van der Waals surface area contributed by atoms with Crippen molar-refractivity contribution in [3.63, 3.8) is 0 Å². The summed E-state index contributed by atoms with van der Waals surface area (Å²) in [7, 11) is -0.656. The van der Waals surface area contributed by atoms with Gasteiger partial charge in [-0.1, -0.05) is 12.8 Å². The molecule has 0 heterocycles. The van der Waals surface area contributed by atoms with Gasteiger partial charge in [0.2, 0.25) is 0 Å². The van der Waals surface area contributed by atoms with Gasteiger partial charge in [-0.3, -0.25) is 9.59 Å². The smallest absolute Gasteiger partial charge is 0.323 e. The van der Waals surface area contributed by atoms with Gasteiger partial charge in [-0.25, -0.2) is 8.42 Å². The van der Waals surface area contributed by atoms with Crippen molar-refractivity contribution in [2.24, 2.45) is 11.3 Å². The van der Waals surface area contributed by atoms with Gasteiger partial charge in [-0.15, -0.1) is 0 Å². The van der Waals surface area contributed by atoms with Crippen molar-refractivity contribution in [1.82, 2.24) is 0 Å². The Morgan fingerprint density at radius 2 is 1.57 bits per heavy atom. The van der Waals surface area contributed by atoms with Gasteiger partial charge in [-0.2, -0.15) is 0 Å². The van der Waals surface area contributed by atoms with Crippen LogP contribution in [0.1, 0.15) is 38.5 Å². The first-order valence-corrected chi connectivity index (χ1v) is 9.18. The van der Waals surface area contributed by atoms with Gasteiger partial charge in [0.05, 0.1) is 14.2 Å². The fourth-order valence-corrected chi connectivity index (χ4v) is 3.89. The number of methoxy groups -OCH3 is 2. The molecule has 21 heavy (non-hydrogen) atoms. The van der Waals surface area contributed by atoms with E-state index in [1.807, 2.05) is 0 Å². The van der Waals surface area contributed by atoms with Gasteiger partial charge >= 0.3 is 11.9 Å². The quantitative estimate of drug-likeness (QED) is 0.519. The van der Waals surface area contributed by atoms with E-state index >= 15 is 0 Å². The number of sulfone groups is 1. The van der Waals surface area contributed by atoms with Crippen LogP contribution in [0.15, 0.2) is 0 Å². The summed E-state index contributed by atoms with van der Waals surface area (Å²) in [6, 6.07) is 0. The highest BCUT2D eigenvalue weighted by Crippen LogP contribution is 2.45. The molecule has 0 atom stereocenters. The van der Waals surface area contributed by atoms with Crippen molar-refractivity contribution >= 4 is 21.8 Å². The molecule has 0 unspecified atom stereocenters. The molecule has 1 aliphatic carbocycles. The van der Waals surface area contributed by atoms with Crippen LogP contribution in [-0.4, -0.2) is 46.6 Å². The minimum Gasteiger partial charge on any atom is -0.468 e. The van der Waals surface area contributed by atoms with Crippen LogP contribution in [-0.2, 0) is 28.9 Å². The van der Waals surface area contributed by atoms with E-state index < -0.39 is 27.2 Å². The van der Waals surface area contributed by atoms with Crippen LogP contribution in [0.25, 0.3) is 0 Å².